The van der Waals surface area contributed by atoms with E-state index in [-0.39, 0.29) is 5.91 Å². The van der Waals surface area contributed by atoms with E-state index in [1.54, 1.807) is 0 Å². The normalized spacial score (nSPS) is 18.1. The lowest BCUT2D eigenvalue weighted by Gasteiger charge is -2.16. The Hall–Kier alpha value is -1.93. The molecule has 1 aromatic rings. The molecular weight excluding hydrogens is 221 g/mol. The molecule has 0 aliphatic carbocycles. The van der Waals surface area contributed by atoms with Gasteiger partial charge in [-0.2, -0.15) is 5.26 Å². The predicted molar refractivity (Wildman–Crippen MR) is 60.5 cm³/mol. The molecule has 4 nitrogen and oxygen atoms in total. The van der Waals surface area contributed by atoms with Gasteiger partial charge in [-0.1, -0.05) is 6.07 Å². The number of halogens is 1. The van der Waals surface area contributed by atoms with Gasteiger partial charge in [0.15, 0.2) is 0 Å². The fraction of sp³-hybridized carbons (Fsp3) is 0.333. The van der Waals surface area contributed by atoms with Crippen molar-refractivity contribution in [2.45, 2.75) is 18.9 Å². The molecule has 0 aromatic heterocycles. The van der Waals surface area contributed by atoms with Crippen LogP contribution in [0.2, 0.25) is 0 Å². The van der Waals surface area contributed by atoms with E-state index in [4.69, 9.17) is 11.0 Å². The van der Waals surface area contributed by atoms with Gasteiger partial charge in [-0.15, -0.1) is 0 Å². The standard InChI is InChI=1S/C12H12FN3O/c13-8-3-4-9-10(7-8)16(6-2-1-5-14)12(17)11(9)15/h3-4,7,11H,1-2,6,15H2. The van der Waals surface area contributed by atoms with Crippen LogP contribution in [0.25, 0.3) is 0 Å². The van der Waals surface area contributed by atoms with Crippen LogP contribution in [0.1, 0.15) is 24.4 Å². The van der Waals surface area contributed by atoms with Crippen molar-refractivity contribution >= 4 is 11.6 Å². The van der Waals surface area contributed by atoms with Crippen LogP contribution in [0, 0.1) is 17.1 Å². The molecule has 0 saturated heterocycles. The monoisotopic (exact) mass is 233 g/mol. The molecule has 5 heteroatoms. The van der Waals surface area contributed by atoms with Gasteiger partial charge in [-0.3, -0.25) is 4.79 Å². The summed E-state index contributed by atoms with van der Waals surface area (Å²) in [6.07, 6.45) is 0.925. The first-order valence-electron chi connectivity index (χ1n) is 5.38. The Labute approximate surface area is 98.4 Å². The average Bonchev–Trinajstić information content (AvgIpc) is 2.54. The van der Waals surface area contributed by atoms with E-state index >= 15 is 0 Å². The summed E-state index contributed by atoms with van der Waals surface area (Å²) in [5.74, 6) is -0.625. The number of fused-ring (bicyclic) bond motifs is 1. The highest BCUT2D eigenvalue weighted by Gasteiger charge is 2.34. The minimum Gasteiger partial charge on any atom is -0.316 e. The molecular formula is C12H12FN3O. The number of anilines is 1. The summed E-state index contributed by atoms with van der Waals surface area (Å²) >= 11 is 0. The Kier molecular flexibility index (Phi) is 3.07. The Bertz CT molecular complexity index is 495. The average molecular weight is 233 g/mol. The van der Waals surface area contributed by atoms with E-state index in [0.717, 1.165) is 0 Å². The Morgan fingerprint density at radius 3 is 3.00 bits per heavy atom. The van der Waals surface area contributed by atoms with Crippen LogP contribution in [-0.4, -0.2) is 12.5 Å². The summed E-state index contributed by atoms with van der Waals surface area (Å²) in [6.45, 7) is 0.399. The lowest BCUT2D eigenvalue weighted by molar-refractivity contribution is -0.119. The zero-order valence-corrected chi connectivity index (χ0v) is 9.19. The smallest absolute Gasteiger partial charge is 0.248 e. The van der Waals surface area contributed by atoms with Crippen LogP contribution >= 0.6 is 0 Å². The van der Waals surface area contributed by atoms with Gasteiger partial charge in [0.25, 0.3) is 0 Å². The van der Waals surface area contributed by atoms with Crippen molar-refractivity contribution in [2.24, 2.45) is 5.73 Å². The van der Waals surface area contributed by atoms with Crippen molar-refractivity contribution in [1.29, 1.82) is 5.26 Å². The van der Waals surface area contributed by atoms with E-state index in [1.807, 2.05) is 6.07 Å². The number of rotatable bonds is 3. The highest BCUT2D eigenvalue weighted by Crippen LogP contribution is 2.34. The van der Waals surface area contributed by atoms with Gasteiger partial charge in [-0.25, -0.2) is 4.39 Å². The molecule has 17 heavy (non-hydrogen) atoms. The Morgan fingerprint density at radius 2 is 2.29 bits per heavy atom. The fourth-order valence-electron chi connectivity index (χ4n) is 1.98. The van der Waals surface area contributed by atoms with Crippen LogP contribution in [0.5, 0.6) is 0 Å². The van der Waals surface area contributed by atoms with Gasteiger partial charge in [-0.05, 0) is 18.6 Å². The van der Waals surface area contributed by atoms with E-state index in [9.17, 15) is 9.18 Å². The maximum atomic E-state index is 13.1. The molecule has 2 rings (SSSR count). The second-order valence-electron chi connectivity index (χ2n) is 3.93. The SMILES string of the molecule is N#CCCCN1C(=O)C(N)c2ccc(F)cc21. The first-order valence-corrected chi connectivity index (χ1v) is 5.38. The largest absolute Gasteiger partial charge is 0.316 e. The fourth-order valence-corrected chi connectivity index (χ4v) is 1.98. The maximum absolute atomic E-state index is 13.1. The third kappa shape index (κ3) is 1.99. The summed E-state index contributed by atoms with van der Waals surface area (Å²) in [6, 6.07) is 5.44. The minimum absolute atomic E-state index is 0.233. The van der Waals surface area contributed by atoms with Gasteiger partial charge in [0.05, 0.1) is 11.8 Å². The number of unbranched alkanes of at least 4 members (excludes halogenated alkanes) is 1. The first-order chi connectivity index (χ1) is 8.15. The van der Waals surface area contributed by atoms with Gasteiger partial charge >= 0.3 is 0 Å². The molecule has 1 amide bonds. The van der Waals surface area contributed by atoms with Crippen molar-refractivity contribution in [3.05, 3.63) is 29.6 Å². The number of amides is 1. The highest BCUT2D eigenvalue weighted by atomic mass is 19.1. The van der Waals surface area contributed by atoms with Crippen molar-refractivity contribution in [3.63, 3.8) is 0 Å². The molecule has 1 atom stereocenters. The van der Waals surface area contributed by atoms with E-state index in [2.05, 4.69) is 0 Å². The third-order valence-electron chi connectivity index (χ3n) is 2.82. The highest BCUT2D eigenvalue weighted by molar-refractivity contribution is 6.04. The van der Waals surface area contributed by atoms with Crippen LogP contribution in [0.15, 0.2) is 18.2 Å². The van der Waals surface area contributed by atoms with Gasteiger partial charge in [0, 0.05) is 18.5 Å². The molecule has 0 radical (unpaired) electrons. The second kappa shape index (κ2) is 4.52. The third-order valence-corrected chi connectivity index (χ3v) is 2.82. The summed E-state index contributed by atoms with van der Waals surface area (Å²) in [4.78, 5) is 13.3. The van der Waals surface area contributed by atoms with Crippen LogP contribution in [-0.2, 0) is 4.79 Å². The first kappa shape index (κ1) is 11.6. The number of nitrogens with zero attached hydrogens (tertiary/aromatic N) is 2. The van der Waals surface area contributed by atoms with Crippen molar-refractivity contribution < 1.29 is 9.18 Å². The van der Waals surface area contributed by atoms with E-state index in [0.29, 0.717) is 30.6 Å². The molecule has 88 valence electrons. The number of carbonyl (C=O) groups excluding carboxylic acids is 1. The van der Waals surface area contributed by atoms with Gasteiger partial charge in [0.2, 0.25) is 5.91 Å². The van der Waals surface area contributed by atoms with E-state index < -0.39 is 11.9 Å². The summed E-state index contributed by atoms with van der Waals surface area (Å²) in [7, 11) is 0. The molecule has 0 spiro atoms. The Morgan fingerprint density at radius 1 is 1.53 bits per heavy atom. The maximum Gasteiger partial charge on any atom is 0.248 e. The molecule has 2 N–H and O–H groups in total. The topological polar surface area (TPSA) is 70.1 Å². The zero-order chi connectivity index (χ0) is 12.4. The Balaban J connectivity index is 2.27. The zero-order valence-electron chi connectivity index (χ0n) is 9.19. The van der Waals surface area contributed by atoms with Gasteiger partial charge < -0.3 is 10.6 Å². The van der Waals surface area contributed by atoms with Crippen LogP contribution in [0.3, 0.4) is 0 Å². The van der Waals surface area contributed by atoms with Crippen LogP contribution in [0.4, 0.5) is 10.1 Å². The number of benzene rings is 1. The minimum atomic E-state index is -0.715. The molecule has 0 bridgehead atoms. The number of nitriles is 1. The molecule has 0 fully saturated rings. The van der Waals surface area contributed by atoms with Crippen molar-refractivity contribution in [2.75, 3.05) is 11.4 Å². The summed E-state index contributed by atoms with van der Waals surface area (Å²) in [5.41, 5.74) is 6.93. The quantitative estimate of drug-likeness (QED) is 0.804. The molecule has 1 aliphatic rings. The molecule has 1 aliphatic heterocycles. The second-order valence-corrected chi connectivity index (χ2v) is 3.93. The summed E-state index contributed by atoms with van der Waals surface area (Å²) in [5, 5.41) is 8.46. The summed E-state index contributed by atoms with van der Waals surface area (Å²) < 4.78 is 13.1. The van der Waals surface area contributed by atoms with E-state index in [1.165, 1.54) is 23.1 Å². The molecule has 0 saturated carbocycles. The van der Waals surface area contributed by atoms with Crippen molar-refractivity contribution in [1.82, 2.24) is 0 Å². The number of nitrogens with two attached hydrogens (primary N) is 1. The number of hydrogen-bond donors (Lipinski definition) is 1. The lowest BCUT2D eigenvalue weighted by atomic mass is 10.1. The van der Waals surface area contributed by atoms with Crippen LogP contribution < -0.4 is 10.6 Å². The molecule has 1 aromatic carbocycles. The lowest BCUT2D eigenvalue weighted by Crippen LogP contribution is -2.32. The predicted octanol–water partition coefficient (Wildman–Crippen LogP) is 1.48. The molecule has 1 heterocycles. The number of hydrogen-bond acceptors (Lipinski definition) is 3. The molecule has 1 unspecified atom stereocenters. The van der Waals surface area contributed by atoms with Gasteiger partial charge in [0.1, 0.15) is 11.9 Å². The van der Waals surface area contributed by atoms with Crippen molar-refractivity contribution in [3.8, 4) is 6.07 Å². The number of carbonyl (C=O) groups is 1.